The molecule has 0 saturated heterocycles. The van der Waals surface area contributed by atoms with Crippen LogP contribution in [0.4, 0.5) is 0 Å². The lowest BCUT2D eigenvalue weighted by molar-refractivity contribution is -0.154. The molecule has 6 nitrogen and oxygen atoms in total. The molecule has 0 aliphatic rings. The highest BCUT2D eigenvalue weighted by Crippen LogP contribution is 2.17. The van der Waals surface area contributed by atoms with Crippen LogP contribution in [0.1, 0.15) is 34.1 Å². The van der Waals surface area contributed by atoms with Crippen LogP contribution in [0, 0.1) is 5.92 Å². The van der Waals surface area contributed by atoms with Gasteiger partial charge in [0, 0.05) is 5.57 Å². The third-order valence-electron chi connectivity index (χ3n) is 2.06. The number of hydrogen-bond donors (Lipinski definition) is 1. The van der Waals surface area contributed by atoms with Gasteiger partial charge in [0.15, 0.2) is 0 Å². The van der Waals surface area contributed by atoms with Crippen molar-refractivity contribution in [3.63, 3.8) is 0 Å². The summed E-state index contributed by atoms with van der Waals surface area (Å²) in [4.78, 5) is 34.1. The molecule has 1 unspecified atom stereocenters. The van der Waals surface area contributed by atoms with Crippen LogP contribution in [0.2, 0.25) is 0 Å². The summed E-state index contributed by atoms with van der Waals surface area (Å²) in [6, 6.07) is 0. The smallest absolute Gasteiger partial charge is 0.334 e. The Hall–Kier alpha value is -1.85. The zero-order valence-electron chi connectivity index (χ0n) is 11.6. The number of esters is 2. The SMILES string of the molecule is C=C(C(=O)OC(C)C)C(CC(=O)OC(C)C)C(=O)O. The van der Waals surface area contributed by atoms with Gasteiger partial charge in [0.2, 0.25) is 0 Å². The average molecular weight is 272 g/mol. The van der Waals surface area contributed by atoms with Crippen LogP contribution < -0.4 is 0 Å². The van der Waals surface area contributed by atoms with Crippen molar-refractivity contribution < 1.29 is 29.0 Å². The fraction of sp³-hybridized carbons (Fsp3) is 0.615. The number of hydrogen-bond acceptors (Lipinski definition) is 5. The van der Waals surface area contributed by atoms with Crippen LogP contribution >= 0.6 is 0 Å². The molecule has 0 amide bonds. The van der Waals surface area contributed by atoms with Crippen molar-refractivity contribution in [2.75, 3.05) is 0 Å². The minimum atomic E-state index is -1.34. The number of rotatable bonds is 7. The second-order valence-electron chi connectivity index (χ2n) is 4.61. The fourth-order valence-electron chi connectivity index (χ4n) is 1.27. The van der Waals surface area contributed by atoms with Gasteiger partial charge in [0.1, 0.15) is 0 Å². The van der Waals surface area contributed by atoms with Crippen molar-refractivity contribution in [2.45, 2.75) is 46.3 Å². The van der Waals surface area contributed by atoms with E-state index in [1.54, 1.807) is 27.7 Å². The molecule has 0 fully saturated rings. The molecule has 0 heterocycles. The molecule has 0 aromatic heterocycles. The molecule has 0 aromatic carbocycles. The lowest BCUT2D eigenvalue weighted by atomic mass is 9.97. The monoisotopic (exact) mass is 272 g/mol. The van der Waals surface area contributed by atoms with Gasteiger partial charge in [0.05, 0.1) is 24.5 Å². The first-order valence-electron chi connectivity index (χ1n) is 5.97. The molecular weight excluding hydrogens is 252 g/mol. The van der Waals surface area contributed by atoms with Gasteiger partial charge in [-0.05, 0) is 27.7 Å². The molecule has 0 aliphatic heterocycles. The van der Waals surface area contributed by atoms with E-state index in [1.807, 2.05) is 0 Å². The topological polar surface area (TPSA) is 89.9 Å². The third kappa shape index (κ3) is 6.59. The van der Waals surface area contributed by atoms with Crippen molar-refractivity contribution in [3.05, 3.63) is 12.2 Å². The van der Waals surface area contributed by atoms with E-state index in [0.717, 1.165) is 0 Å². The van der Waals surface area contributed by atoms with E-state index in [1.165, 1.54) is 0 Å². The van der Waals surface area contributed by atoms with Crippen LogP contribution in [0.15, 0.2) is 12.2 Å². The molecule has 0 rings (SSSR count). The molecule has 19 heavy (non-hydrogen) atoms. The van der Waals surface area contributed by atoms with Crippen LogP contribution in [-0.4, -0.2) is 35.2 Å². The zero-order valence-corrected chi connectivity index (χ0v) is 11.6. The molecule has 0 bridgehead atoms. The lowest BCUT2D eigenvalue weighted by Gasteiger charge is -2.16. The summed E-state index contributed by atoms with van der Waals surface area (Å²) in [5, 5.41) is 9.03. The lowest BCUT2D eigenvalue weighted by Crippen LogP contribution is -2.27. The summed E-state index contributed by atoms with van der Waals surface area (Å²) in [6.07, 6.45) is -1.18. The minimum absolute atomic E-state index is 0.262. The number of carbonyl (C=O) groups is 3. The maximum Gasteiger partial charge on any atom is 0.334 e. The van der Waals surface area contributed by atoms with Crippen molar-refractivity contribution in [1.29, 1.82) is 0 Å². The van der Waals surface area contributed by atoms with Crippen LogP contribution in [0.5, 0.6) is 0 Å². The van der Waals surface area contributed by atoms with Crippen LogP contribution in [-0.2, 0) is 23.9 Å². The van der Waals surface area contributed by atoms with Gasteiger partial charge in [0.25, 0.3) is 0 Å². The normalized spacial score (nSPS) is 12.1. The highest BCUT2D eigenvalue weighted by Gasteiger charge is 2.30. The number of aliphatic carboxylic acids is 1. The Balaban J connectivity index is 4.74. The van der Waals surface area contributed by atoms with Crippen molar-refractivity contribution in [3.8, 4) is 0 Å². The van der Waals surface area contributed by atoms with Gasteiger partial charge in [-0.1, -0.05) is 6.58 Å². The van der Waals surface area contributed by atoms with Gasteiger partial charge in [-0.3, -0.25) is 9.59 Å². The van der Waals surface area contributed by atoms with E-state index in [0.29, 0.717) is 0 Å². The van der Waals surface area contributed by atoms with E-state index in [4.69, 9.17) is 14.6 Å². The Kier molecular flexibility index (Phi) is 6.82. The molecule has 0 aromatic rings. The quantitative estimate of drug-likeness (QED) is 0.558. The van der Waals surface area contributed by atoms with Crippen LogP contribution in [0.25, 0.3) is 0 Å². The summed E-state index contributed by atoms with van der Waals surface area (Å²) < 4.78 is 9.70. The van der Waals surface area contributed by atoms with E-state index in [2.05, 4.69) is 6.58 Å². The first-order valence-corrected chi connectivity index (χ1v) is 5.97. The Morgan fingerprint density at radius 1 is 1.05 bits per heavy atom. The molecule has 0 aliphatic carbocycles. The predicted octanol–water partition coefficient (Wildman–Crippen LogP) is 1.54. The van der Waals surface area contributed by atoms with E-state index < -0.39 is 30.2 Å². The molecule has 1 N–H and O–H groups in total. The molecule has 6 heteroatoms. The van der Waals surface area contributed by atoms with Crippen molar-refractivity contribution >= 4 is 17.9 Å². The van der Waals surface area contributed by atoms with Crippen LogP contribution in [0.3, 0.4) is 0 Å². The van der Waals surface area contributed by atoms with Gasteiger partial charge in [-0.15, -0.1) is 0 Å². The van der Waals surface area contributed by atoms with Crippen molar-refractivity contribution in [2.24, 2.45) is 5.92 Å². The number of carboxylic acids is 1. The average Bonchev–Trinajstić information content (AvgIpc) is 2.22. The molecule has 108 valence electrons. The maximum absolute atomic E-state index is 11.6. The Morgan fingerprint density at radius 2 is 1.53 bits per heavy atom. The molecule has 1 atom stereocenters. The number of carboxylic acid groups (broad SMARTS) is 1. The molecular formula is C13H20O6. The molecule has 0 saturated carbocycles. The standard InChI is InChI=1S/C13H20O6/c1-7(2)18-11(14)6-10(12(15)16)9(5)13(17)19-8(3)4/h7-8,10H,5-6H2,1-4H3,(H,15,16). The van der Waals surface area contributed by atoms with E-state index >= 15 is 0 Å². The fourth-order valence-corrected chi connectivity index (χ4v) is 1.27. The number of ether oxygens (including phenoxy) is 2. The van der Waals surface area contributed by atoms with E-state index in [9.17, 15) is 14.4 Å². The van der Waals surface area contributed by atoms with Crippen molar-refractivity contribution in [1.82, 2.24) is 0 Å². The van der Waals surface area contributed by atoms with Gasteiger partial charge in [-0.25, -0.2) is 4.79 Å². The third-order valence-corrected chi connectivity index (χ3v) is 2.06. The van der Waals surface area contributed by atoms with E-state index in [-0.39, 0.29) is 17.8 Å². The Morgan fingerprint density at radius 3 is 1.89 bits per heavy atom. The Bertz CT molecular complexity index is 369. The minimum Gasteiger partial charge on any atom is -0.481 e. The number of carbonyl (C=O) groups excluding carboxylic acids is 2. The summed E-state index contributed by atoms with van der Waals surface area (Å²) in [5.41, 5.74) is -0.262. The first kappa shape index (κ1) is 17.2. The summed E-state index contributed by atoms with van der Waals surface area (Å²) in [6.45, 7) is 9.96. The second kappa shape index (κ2) is 7.56. The van der Waals surface area contributed by atoms with Gasteiger partial charge < -0.3 is 14.6 Å². The first-order chi connectivity index (χ1) is 8.65. The highest BCUT2D eigenvalue weighted by atomic mass is 16.5. The van der Waals surface area contributed by atoms with Gasteiger partial charge >= 0.3 is 17.9 Å². The zero-order chi connectivity index (χ0) is 15.2. The summed E-state index contributed by atoms with van der Waals surface area (Å²) in [7, 11) is 0. The second-order valence-corrected chi connectivity index (χ2v) is 4.61. The van der Waals surface area contributed by atoms with Gasteiger partial charge in [-0.2, -0.15) is 0 Å². The predicted molar refractivity (Wildman–Crippen MR) is 67.3 cm³/mol. The highest BCUT2D eigenvalue weighted by molar-refractivity contribution is 5.96. The summed E-state index contributed by atoms with van der Waals surface area (Å²) in [5.74, 6) is -4.16. The Labute approximate surface area is 112 Å². The largest absolute Gasteiger partial charge is 0.481 e. The maximum atomic E-state index is 11.6. The molecule has 0 radical (unpaired) electrons. The molecule has 0 spiro atoms. The summed E-state index contributed by atoms with van der Waals surface area (Å²) >= 11 is 0.